The number of anilines is 3. The van der Waals surface area contributed by atoms with Gasteiger partial charge in [-0.05, 0) is 29.8 Å². The molecule has 2 rings (SSSR count). The second-order valence-corrected chi connectivity index (χ2v) is 4.46. The first-order chi connectivity index (χ1) is 9.74. The van der Waals surface area contributed by atoms with E-state index in [9.17, 15) is 0 Å². The van der Waals surface area contributed by atoms with Crippen molar-refractivity contribution in [3.63, 3.8) is 0 Å². The Balaban J connectivity index is 2.26. The fourth-order valence-corrected chi connectivity index (χ4v) is 2.00. The van der Waals surface area contributed by atoms with Gasteiger partial charge in [0.05, 0.1) is 19.1 Å². The third-order valence-corrected chi connectivity index (χ3v) is 3.01. The average molecular weight is 267 g/mol. The van der Waals surface area contributed by atoms with Crippen molar-refractivity contribution >= 4 is 17.1 Å². The van der Waals surface area contributed by atoms with Crippen molar-refractivity contribution in [1.82, 2.24) is 0 Å². The molecule has 0 fully saturated rings. The van der Waals surface area contributed by atoms with Gasteiger partial charge in [0.2, 0.25) is 0 Å². The number of nitriles is 1. The summed E-state index contributed by atoms with van der Waals surface area (Å²) < 4.78 is 5.18. The maximum absolute atomic E-state index is 8.80. The molecule has 0 aliphatic carbocycles. The molecule has 0 saturated heterocycles. The first kappa shape index (κ1) is 13.9. The average Bonchev–Trinajstić information content (AvgIpc) is 2.45. The van der Waals surface area contributed by atoms with Gasteiger partial charge in [0.1, 0.15) is 0 Å². The lowest BCUT2D eigenvalue weighted by Crippen LogP contribution is -1.99. The lowest BCUT2D eigenvalue weighted by atomic mass is 10.1. The number of nitrogen functional groups attached to an aromatic ring is 1. The van der Waals surface area contributed by atoms with E-state index in [2.05, 4.69) is 11.4 Å². The minimum Gasteiger partial charge on any atom is -0.398 e. The lowest BCUT2D eigenvalue weighted by molar-refractivity contribution is 0.185. The zero-order chi connectivity index (χ0) is 14.4. The predicted octanol–water partition coefficient (Wildman–Crippen LogP) is 3.22. The molecule has 0 saturated carbocycles. The van der Waals surface area contributed by atoms with Gasteiger partial charge in [-0.1, -0.05) is 18.2 Å². The van der Waals surface area contributed by atoms with E-state index in [-0.39, 0.29) is 0 Å². The highest BCUT2D eigenvalue weighted by Gasteiger charge is 2.04. The van der Waals surface area contributed by atoms with Gasteiger partial charge in [-0.3, -0.25) is 0 Å². The van der Waals surface area contributed by atoms with E-state index in [1.807, 2.05) is 42.5 Å². The van der Waals surface area contributed by atoms with Crippen LogP contribution in [0.5, 0.6) is 0 Å². The molecule has 2 aromatic rings. The van der Waals surface area contributed by atoms with Crippen LogP contribution in [0, 0.1) is 11.3 Å². The van der Waals surface area contributed by atoms with Crippen LogP contribution in [0.2, 0.25) is 0 Å². The van der Waals surface area contributed by atoms with E-state index >= 15 is 0 Å². The Morgan fingerprint density at radius 2 is 2.00 bits per heavy atom. The summed E-state index contributed by atoms with van der Waals surface area (Å²) in [7, 11) is 1.67. The molecule has 0 amide bonds. The maximum atomic E-state index is 8.80. The number of benzene rings is 2. The van der Waals surface area contributed by atoms with Crippen molar-refractivity contribution in [3.05, 3.63) is 53.6 Å². The van der Waals surface area contributed by atoms with Gasteiger partial charge < -0.3 is 15.8 Å². The Hall–Kier alpha value is -2.51. The molecule has 2 aromatic carbocycles. The third-order valence-electron chi connectivity index (χ3n) is 3.01. The molecule has 102 valence electrons. The van der Waals surface area contributed by atoms with E-state index in [1.165, 1.54) is 0 Å². The number of nitrogens with one attached hydrogen (secondary N) is 1. The first-order valence-corrected chi connectivity index (χ1v) is 6.34. The Morgan fingerprint density at radius 3 is 2.75 bits per heavy atom. The van der Waals surface area contributed by atoms with Crippen LogP contribution >= 0.6 is 0 Å². The summed E-state index contributed by atoms with van der Waals surface area (Å²) in [5.41, 5.74) is 10.3. The van der Waals surface area contributed by atoms with Gasteiger partial charge in [0.15, 0.2) is 0 Å². The number of hydrogen-bond acceptors (Lipinski definition) is 4. The zero-order valence-electron chi connectivity index (χ0n) is 11.4. The maximum Gasteiger partial charge on any atom is 0.0733 e. The highest BCUT2D eigenvalue weighted by Crippen LogP contribution is 2.24. The van der Waals surface area contributed by atoms with E-state index < -0.39 is 0 Å². The molecule has 0 bridgehead atoms. The minimum absolute atomic E-state index is 0.307. The van der Waals surface area contributed by atoms with Crippen LogP contribution in [-0.4, -0.2) is 7.11 Å². The number of methoxy groups -OCH3 is 1. The molecule has 0 unspecified atom stereocenters. The van der Waals surface area contributed by atoms with E-state index in [0.29, 0.717) is 18.7 Å². The molecular weight excluding hydrogens is 250 g/mol. The SMILES string of the molecule is COCc1ccccc1Nc1ccc(N)c(CC#N)c1. The van der Waals surface area contributed by atoms with Crippen molar-refractivity contribution in [1.29, 1.82) is 5.26 Å². The van der Waals surface area contributed by atoms with E-state index in [0.717, 1.165) is 22.5 Å². The van der Waals surface area contributed by atoms with Gasteiger partial charge in [-0.15, -0.1) is 0 Å². The fourth-order valence-electron chi connectivity index (χ4n) is 2.00. The van der Waals surface area contributed by atoms with Crippen molar-refractivity contribution in [2.75, 3.05) is 18.2 Å². The Bertz CT molecular complexity index is 632. The highest BCUT2D eigenvalue weighted by molar-refractivity contribution is 5.66. The van der Waals surface area contributed by atoms with Gasteiger partial charge in [0, 0.05) is 29.7 Å². The van der Waals surface area contributed by atoms with Gasteiger partial charge >= 0.3 is 0 Å². The quantitative estimate of drug-likeness (QED) is 0.816. The molecule has 0 aliphatic heterocycles. The topological polar surface area (TPSA) is 71.1 Å². The second kappa shape index (κ2) is 6.60. The summed E-state index contributed by atoms with van der Waals surface area (Å²) in [5.74, 6) is 0. The standard InChI is InChI=1S/C16H17N3O/c1-20-11-13-4-2-3-5-16(13)19-14-6-7-15(18)12(10-14)8-9-17/h2-7,10,19H,8,11,18H2,1H3. The van der Waals surface area contributed by atoms with Crippen LogP contribution in [0.25, 0.3) is 0 Å². The van der Waals surface area contributed by atoms with Crippen LogP contribution in [0.1, 0.15) is 11.1 Å². The molecule has 4 nitrogen and oxygen atoms in total. The molecule has 0 aliphatic rings. The van der Waals surface area contributed by atoms with Gasteiger partial charge in [0.25, 0.3) is 0 Å². The number of nitrogens with two attached hydrogens (primary N) is 1. The van der Waals surface area contributed by atoms with Crippen LogP contribution in [0.4, 0.5) is 17.1 Å². The fraction of sp³-hybridized carbons (Fsp3) is 0.188. The zero-order valence-corrected chi connectivity index (χ0v) is 11.4. The molecular formula is C16H17N3O. The second-order valence-electron chi connectivity index (χ2n) is 4.46. The number of hydrogen-bond donors (Lipinski definition) is 2. The van der Waals surface area contributed by atoms with E-state index in [4.69, 9.17) is 15.7 Å². The summed E-state index contributed by atoms with van der Waals surface area (Å²) in [6, 6.07) is 15.7. The smallest absolute Gasteiger partial charge is 0.0733 e. The number of nitrogens with zero attached hydrogens (tertiary/aromatic N) is 1. The third kappa shape index (κ3) is 3.28. The normalized spacial score (nSPS) is 10.0. The summed E-state index contributed by atoms with van der Waals surface area (Å²) in [4.78, 5) is 0. The number of ether oxygens (including phenoxy) is 1. The first-order valence-electron chi connectivity index (χ1n) is 6.34. The lowest BCUT2D eigenvalue weighted by Gasteiger charge is -2.13. The summed E-state index contributed by atoms with van der Waals surface area (Å²) in [6.45, 7) is 0.545. The predicted molar refractivity (Wildman–Crippen MR) is 80.6 cm³/mol. The van der Waals surface area contributed by atoms with Gasteiger partial charge in [-0.2, -0.15) is 5.26 Å². The van der Waals surface area contributed by atoms with Crippen molar-refractivity contribution in [3.8, 4) is 6.07 Å². The minimum atomic E-state index is 0.307. The molecule has 4 heteroatoms. The number of rotatable bonds is 5. The van der Waals surface area contributed by atoms with Crippen LogP contribution < -0.4 is 11.1 Å². The molecule has 20 heavy (non-hydrogen) atoms. The van der Waals surface area contributed by atoms with Crippen LogP contribution in [0.15, 0.2) is 42.5 Å². The monoisotopic (exact) mass is 267 g/mol. The van der Waals surface area contributed by atoms with Crippen LogP contribution in [-0.2, 0) is 17.8 Å². The largest absolute Gasteiger partial charge is 0.398 e. The van der Waals surface area contributed by atoms with Crippen molar-refractivity contribution < 1.29 is 4.74 Å². The van der Waals surface area contributed by atoms with Crippen molar-refractivity contribution in [2.45, 2.75) is 13.0 Å². The van der Waals surface area contributed by atoms with Gasteiger partial charge in [-0.25, -0.2) is 0 Å². The Labute approximate surface area is 118 Å². The molecule has 0 aromatic heterocycles. The summed E-state index contributed by atoms with van der Waals surface area (Å²) >= 11 is 0. The molecule has 0 radical (unpaired) electrons. The summed E-state index contributed by atoms with van der Waals surface area (Å²) in [6.07, 6.45) is 0.307. The van der Waals surface area contributed by atoms with E-state index in [1.54, 1.807) is 7.11 Å². The number of para-hydroxylation sites is 1. The molecule has 0 heterocycles. The Morgan fingerprint density at radius 1 is 1.20 bits per heavy atom. The molecule has 0 atom stereocenters. The molecule has 3 N–H and O–H groups in total. The van der Waals surface area contributed by atoms with Crippen molar-refractivity contribution in [2.24, 2.45) is 0 Å². The Kier molecular flexibility index (Phi) is 4.59. The molecule has 0 spiro atoms. The summed E-state index contributed by atoms with van der Waals surface area (Å²) in [5, 5.41) is 12.1. The van der Waals surface area contributed by atoms with Crippen LogP contribution in [0.3, 0.4) is 0 Å². The highest BCUT2D eigenvalue weighted by atomic mass is 16.5.